The van der Waals surface area contributed by atoms with Gasteiger partial charge in [-0.15, -0.1) is 0 Å². The normalized spacial score (nSPS) is 9.94. The highest BCUT2D eigenvalue weighted by molar-refractivity contribution is 6.63. The van der Waals surface area contributed by atoms with Crippen LogP contribution in [-0.4, -0.2) is 17.7 Å². The Morgan fingerprint density at radius 2 is 1.94 bits per heavy atom. The lowest BCUT2D eigenvalue weighted by Gasteiger charge is -2.05. The second kappa shape index (κ2) is 5.66. The molecule has 0 aliphatic rings. The Balaban J connectivity index is 2.59. The number of nitrogens with one attached hydrogen (secondary N) is 1. The largest absolute Gasteiger partial charge is 0.352 e. The van der Waals surface area contributed by atoms with Crippen molar-refractivity contribution >= 4 is 22.8 Å². The number of carbonyl (C=O) groups is 2. The van der Waals surface area contributed by atoms with Gasteiger partial charge >= 0.3 is 0 Å². The van der Waals surface area contributed by atoms with Crippen LogP contribution in [0.25, 0.3) is 0 Å². The predicted octanol–water partition coefficient (Wildman–Crippen LogP) is 2.19. The van der Waals surface area contributed by atoms with E-state index in [4.69, 9.17) is 11.6 Å². The molecule has 1 rings (SSSR count). The minimum atomic E-state index is -0.444. The average Bonchev–Trinajstić information content (AvgIpc) is 2.21. The van der Waals surface area contributed by atoms with Gasteiger partial charge in [0.25, 0.3) is 5.91 Å². The molecule has 0 atom stereocenters. The second-order valence-corrected chi connectivity index (χ2v) is 4.08. The van der Waals surface area contributed by atoms with E-state index in [2.05, 4.69) is 5.32 Å². The average molecular weight is 240 g/mol. The molecule has 0 radical (unpaired) electrons. The Hall–Kier alpha value is -1.35. The molecule has 1 aromatic carbocycles. The fourth-order valence-corrected chi connectivity index (χ4v) is 1.35. The van der Waals surface area contributed by atoms with Gasteiger partial charge in [-0.2, -0.15) is 0 Å². The molecule has 1 aromatic rings. The number of hydrogen-bond donors (Lipinski definition) is 1. The van der Waals surface area contributed by atoms with E-state index in [1.165, 1.54) is 0 Å². The van der Waals surface area contributed by atoms with E-state index < -0.39 is 5.24 Å². The van der Waals surface area contributed by atoms with E-state index in [1.807, 2.05) is 26.0 Å². The van der Waals surface area contributed by atoms with Gasteiger partial charge in [0.15, 0.2) is 0 Å². The van der Waals surface area contributed by atoms with Crippen molar-refractivity contribution in [2.75, 3.05) is 6.54 Å². The van der Waals surface area contributed by atoms with Crippen LogP contribution in [0, 0.1) is 13.8 Å². The number of rotatable bonds is 4. The molecule has 0 saturated carbocycles. The molecule has 0 fully saturated rings. The first-order chi connectivity index (χ1) is 7.50. The van der Waals surface area contributed by atoms with Crippen LogP contribution in [0.4, 0.5) is 0 Å². The third-order valence-electron chi connectivity index (χ3n) is 2.38. The first-order valence-electron chi connectivity index (χ1n) is 5.04. The Morgan fingerprint density at radius 1 is 1.25 bits per heavy atom. The molecular weight excluding hydrogens is 226 g/mol. The van der Waals surface area contributed by atoms with Gasteiger partial charge in [0.2, 0.25) is 5.24 Å². The first-order valence-corrected chi connectivity index (χ1v) is 5.42. The maximum atomic E-state index is 11.6. The van der Waals surface area contributed by atoms with Crippen LogP contribution in [0.15, 0.2) is 18.2 Å². The Bertz CT molecular complexity index is 415. The van der Waals surface area contributed by atoms with Gasteiger partial charge in [-0.25, -0.2) is 0 Å². The van der Waals surface area contributed by atoms with Gasteiger partial charge in [0, 0.05) is 18.5 Å². The highest BCUT2D eigenvalue weighted by Crippen LogP contribution is 2.09. The lowest BCUT2D eigenvalue weighted by Crippen LogP contribution is -2.25. The molecular formula is C12H14ClNO2. The summed E-state index contributed by atoms with van der Waals surface area (Å²) in [5.74, 6) is -0.180. The zero-order valence-corrected chi connectivity index (χ0v) is 10.1. The molecule has 0 spiro atoms. The molecule has 4 heteroatoms. The van der Waals surface area contributed by atoms with E-state index in [0.717, 1.165) is 11.1 Å². The summed E-state index contributed by atoms with van der Waals surface area (Å²) in [5.41, 5.74) is 2.82. The quantitative estimate of drug-likeness (QED) is 0.819. The van der Waals surface area contributed by atoms with Crippen molar-refractivity contribution in [3.05, 3.63) is 34.9 Å². The van der Waals surface area contributed by atoms with E-state index in [1.54, 1.807) is 6.07 Å². The van der Waals surface area contributed by atoms with E-state index >= 15 is 0 Å². The van der Waals surface area contributed by atoms with Crippen molar-refractivity contribution in [3.8, 4) is 0 Å². The SMILES string of the molecule is Cc1ccc(C(=O)NCCC(=O)Cl)cc1C. The summed E-state index contributed by atoms with van der Waals surface area (Å²) in [6.07, 6.45) is 0.151. The molecule has 3 nitrogen and oxygen atoms in total. The van der Waals surface area contributed by atoms with Crippen molar-refractivity contribution in [2.45, 2.75) is 20.3 Å². The molecule has 86 valence electrons. The smallest absolute Gasteiger partial charge is 0.251 e. The zero-order valence-electron chi connectivity index (χ0n) is 9.34. The molecule has 16 heavy (non-hydrogen) atoms. The molecule has 0 unspecified atom stereocenters. The maximum absolute atomic E-state index is 11.6. The van der Waals surface area contributed by atoms with E-state index in [0.29, 0.717) is 5.56 Å². The standard InChI is InChI=1S/C12H14ClNO2/c1-8-3-4-10(7-9(8)2)12(16)14-6-5-11(13)15/h3-4,7H,5-6H2,1-2H3,(H,14,16). The van der Waals surface area contributed by atoms with E-state index in [9.17, 15) is 9.59 Å². The van der Waals surface area contributed by atoms with Crippen molar-refractivity contribution in [1.82, 2.24) is 5.32 Å². The topological polar surface area (TPSA) is 46.2 Å². The van der Waals surface area contributed by atoms with Crippen molar-refractivity contribution in [3.63, 3.8) is 0 Å². The molecule has 0 aliphatic carbocycles. The Labute approximate surface area is 99.8 Å². The van der Waals surface area contributed by atoms with Gasteiger partial charge < -0.3 is 5.32 Å². The van der Waals surface area contributed by atoms with Crippen LogP contribution >= 0.6 is 11.6 Å². The first kappa shape index (κ1) is 12.7. The predicted molar refractivity (Wildman–Crippen MR) is 63.7 cm³/mol. The summed E-state index contributed by atoms with van der Waals surface area (Å²) in [4.78, 5) is 22.1. The van der Waals surface area contributed by atoms with Crippen LogP contribution < -0.4 is 5.32 Å². The number of hydrogen-bond acceptors (Lipinski definition) is 2. The highest BCUT2D eigenvalue weighted by atomic mass is 35.5. The van der Waals surface area contributed by atoms with Gasteiger partial charge in [-0.1, -0.05) is 6.07 Å². The fourth-order valence-electron chi connectivity index (χ4n) is 1.26. The Morgan fingerprint density at radius 3 is 2.50 bits per heavy atom. The number of halogens is 1. The summed E-state index contributed by atoms with van der Waals surface area (Å²) in [5, 5.41) is 2.19. The summed E-state index contributed by atoms with van der Waals surface area (Å²) < 4.78 is 0. The number of carbonyl (C=O) groups excluding carboxylic acids is 2. The van der Waals surface area contributed by atoms with Crippen LogP contribution in [0.3, 0.4) is 0 Å². The van der Waals surface area contributed by atoms with Crippen LogP contribution in [-0.2, 0) is 4.79 Å². The second-order valence-electron chi connectivity index (χ2n) is 3.66. The zero-order chi connectivity index (χ0) is 12.1. The lowest BCUT2D eigenvalue weighted by atomic mass is 10.1. The van der Waals surface area contributed by atoms with Gasteiger partial charge in [0.05, 0.1) is 0 Å². The van der Waals surface area contributed by atoms with Gasteiger partial charge in [-0.3, -0.25) is 9.59 Å². The van der Waals surface area contributed by atoms with Crippen LogP contribution in [0.2, 0.25) is 0 Å². The summed E-state index contributed by atoms with van der Waals surface area (Å²) in [6.45, 7) is 4.21. The lowest BCUT2D eigenvalue weighted by molar-refractivity contribution is -0.111. The summed E-state index contributed by atoms with van der Waals surface area (Å²) in [7, 11) is 0. The van der Waals surface area contributed by atoms with Gasteiger partial charge in [0.1, 0.15) is 0 Å². The monoisotopic (exact) mass is 239 g/mol. The molecule has 0 aromatic heterocycles. The minimum Gasteiger partial charge on any atom is -0.352 e. The third kappa shape index (κ3) is 3.66. The van der Waals surface area contributed by atoms with Crippen LogP contribution in [0.5, 0.6) is 0 Å². The van der Waals surface area contributed by atoms with E-state index in [-0.39, 0.29) is 18.9 Å². The molecule has 0 aliphatic heterocycles. The summed E-state index contributed by atoms with van der Waals surface area (Å²) >= 11 is 5.16. The Kier molecular flexibility index (Phi) is 4.50. The molecule has 0 heterocycles. The number of benzene rings is 1. The summed E-state index contributed by atoms with van der Waals surface area (Å²) in [6, 6.07) is 5.49. The van der Waals surface area contributed by atoms with Crippen LogP contribution in [0.1, 0.15) is 27.9 Å². The molecule has 1 N–H and O–H groups in total. The van der Waals surface area contributed by atoms with Gasteiger partial charge in [-0.05, 0) is 48.7 Å². The molecule has 0 bridgehead atoms. The van der Waals surface area contributed by atoms with Crippen molar-refractivity contribution < 1.29 is 9.59 Å². The maximum Gasteiger partial charge on any atom is 0.251 e. The fraction of sp³-hybridized carbons (Fsp3) is 0.333. The molecule has 0 saturated heterocycles. The van der Waals surface area contributed by atoms with Crippen molar-refractivity contribution in [1.29, 1.82) is 0 Å². The highest BCUT2D eigenvalue weighted by Gasteiger charge is 2.06. The number of aryl methyl sites for hydroxylation is 2. The minimum absolute atomic E-state index is 0.151. The number of amides is 1. The molecule has 1 amide bonds. The third-order valence-corrected chi connectivity index (χ3v) is 2.57. The van der Waals surface area contributed by atoms with Crippen molar-refractivity contribution in [2.24, 2.45) is 0 Å².